The standard InChI is InChI=1S/C18H19NO5/c1-4-23-12(3)17(21)13-5-7-14(8-6-13)19-10-15-16(20)9-11(2)24-18(15)22/h5-10,12,20H,4H2,1-3H3. The van der Waals surface area contributed by atoms with Gasteiger partial charge in [0.05, 0.1) is 5.69 Å². The van der Waals surface area contributed by atoms with Crippen LogP contribution in [0.25, 0.3) is 0 Å². The van der Waals surface area contributed by atoms with E-state index >= 15 is 0 Å². The van der Waals surface area contributed by atoms with Crippen LogP contribution in [0.15, 0.2) is 44.5 Å². The Balaban J connectivity index is 2.18. The number of aryl methyl sites for hydroxylation is 1. The van der Waals surface area contributed by atoms with Crippen LogP contribution in [0.2, 0.25) is 0 Å². The van der Waals surface area contributed by atoms with Gasteiger partial charge in [0, 0.05) is 24.5 Å². The van der Waals surface area contributed by atoms with Gasteiger partial charge < -0.3 is 14.3 Å². The molecule has 2 rings (SSSR count). The highest BCUT2D eigenvalue weighted by Crippen LogP contribution is 2.17. The maximum absolute atomic E-state index is 12.1. The number of carbonyl (C=O) groups is 1. The van der Waals surface area contributed by atoms with Crippen molar-refractivity contribution in [2.45, 2.75) is 26.9 Å². The molecule has 0 saturated heterocycles. The van der Waals surface area contributed by atoms with Crippen molar-refractivity contribution in [2.75, 3.05) is 6.61 Å². The topological polar surface area (TPSA) is 89.1 Å². The first-order chi connectivity index (χ1) is 11.4. The summed E-state index contributed by atoms with van der Waals surface area (Å²) in [5.41, 5.74) is 0.377. The Kier molecular flexibility index (Phi) is 5.65. The van der Waals surface area contributed by atoms with Gasteiger partial charge in [-0.05, 0) is 45.0 Å². The van der Waals surface area contributed by atoms with E-state index in [2.05, 4.69) is 4.99 Å². The molecule has 1 N–H and O–H groups in total. The Morgan fingerprint density at radius 1 is 1.38 bits per heavy atom. The fraction of sp³-hybridized carbons (Fsp3) is 0.278. The average Bonchev–Trinajstić information content (AvgIpc) is 2.54. The molecule has 0 spiro atoms. The van der Waals surface area contributed by atoms with Crippen LogP contribution < -0.4 is 5.63 Å². The first-order valence-electron chi connectivity index (χ1n) is 7.56. The average molecular weight is 329 g/mol. The van der Waals surface area contributed by atoms with Crippen molar-refractivity contribution in [3.63, 3.8) is 0 Å². The Morgan fingerprint density at radius 3 is 2.62 bits per heavy atom. The molecule has 0 aliphatic rings. The summed E-state index contributed by atoms with van der Waals surface area (Å²) in [6, 6.07) is 7.92. The molecule has 0 radical (unpaired) electrons. The maximum Gasteiger partial charge on any atom is 0.348 e. The molecular formula is C18H19NO5. The number of rotatable bonds is 6. The van der Waals surface area contributed by atoms with E-state index in [0.29, 0.717) is 23.6 Å². The molecule has 6 nitrogen and oxygen atoms in total. The third kappa shape index (κ3) is 4.17. The number of ketones is 1. The summed E-state index contributed by atoms with van der Waals surface area (Å²) in [7, 11) is 0. The smallest absolute Gasteiger partial charge is 0.348 e. The van der Waals surface area contributed by atoms with Crippen molar-refractivity contribution in [2.24, 2.45) is 4.99 Å². The molecule has 6 heteroatoms. The highest BCUT2D eigenvalue weighted by molar-refractivity contribution is 5.99. The number of aliphatic imine (C=N–C) groups is 1. The molecule has 1 aromatic heterocycles. The van der Waals surface area contributed by atoms with Crippen molar-refractivity contribution < 1.29 is 19.1 Å². The van der Waals surface area contributed by atoms with Crippen molar-refractivity contribution in [1.82, 2.24) is 0 Å². The van der Waals surface area contributed by atoms with E-state index in [1.807, 2.05) is 6.92 Å². The lowest BCUT2D eigenvalue weighted by molar-refractivity contribution is 0.0520. The summed E-state index contributed by atoms with van der Waals surface area (Å²) in [5, 5.41) is 9.77. The Morgan fingerprint density at radius 2 is 2.04 bits per heavy atom. The fourth-order valence-corrected chi connectivity index (χ4v) is 2.14. The summed E-state index contributed by atoms with van der Waals surface area (Å²) in [6.07, 6.45) is 0.735. The number of benzene rings is 1. The Bertz CT molecular complexity index is 805. The second kappa shape index (κ2) is 7.70. The SMILES string of the molecule is CCOC(C)C(=O)c1ccc(N=Cc2c(O)cc(C)oc2=O)cc1. The minimum absolute atomic E-state index is 0.0225. The van der Waals surface area contributed by atoms with E-state index in [4.69, 9.17) is 9.15 Å². The lowest BCUT2D eigenvalue weighted by Crippen LogP contribution is -2.20. The molecule has 1 heterocycles. The van der Waals surface area contributed by atoms with E-state index in [0.717, 1.165) is 0 Å². The molecule has 0 saturated carbocycles. The zero-order valence-electron chi connectivity index (χ0n) is 13.8. The van der Waals surface area contributed by atoms with Gasteiger partial charge in [0.15, 0.2) is 5.78 Å². The molecule has 24 heavy (non-hydrogen) atoms. The van der Waals surface area contributed by atoms with Crippen molar-refractivity contribution in [3.05, 3.63) is 57.6 Å². The van der Waals surface area contributed by atoms with Gasteiger partial charge >= 0.3 is 5.63 Å². The predicted octanol–water partition coefficient (Wildman–Crippen LogP) is 3.01. The van der Waals surface area contributed by atoms with Gasteiger partial charge in [-0.15, -0.1) is 0 Å². The number of carbonyl (C=O) groups excluding carboxylic acids is 1. The van der Waals surface area contributed by atoms with Crippen LogP contribution in [-0.4, -0.2) is 29.8 Å². The number of hydrogen-bond donors (Lipinski definition) is 1. The van der Waals surface area contributed by atoms with E-state index in [1.165, 1.54) is 12.3 Å². The van der Waals surface area contributed by atoms with Gasteiger partial charge in [0.1, 0.15) is 23.2 Å². The lowest BCUT2D eigenvalue weighted by Gasteiger charge is -2.10. The number of hydrogen-bond acceptors (Lipinski definition) is 6. The van der Waals surface area contributed by atoms with Crippen molar-refractivity contribution in [3.8, 4) is 5.75 Å². The summed E-state index contributed by atoms with van der Waals surface area (Å²) in [4.78, 5) is 27.9. The van der Waals surface area contributed by atoms with Crippen LogP contribution in [0.3, 0.4) is 0 Å². The van der Waals surface area contributed by atoms with Gasteiger partial charge in [-0.1, -0.05) is 0 Å². The molecule has 1 aromatic carbocycles. The Hall–Kier alpha value is -2.73. The predicted molar refractivity (Wildman–Crippen MR) is 90.5 cm³/mol. The largest absolute Gasteiger partial charge is 0.507 e. The van der Waals surface area contributed by atoms with Gasteiger partial charge in [0.25, 0.3) is 0 Å². The Labute approximate surface area is 139 Å². The molecule has 0 aliphatic carbocycles. The summed E-state index contributed by atoms with van der Waals surface area (Å²) in [6.45, 7) is 5.58. The number of Topliss-reactive ketones (excluding diaryl/α,β-unsaturated/α-hetero) is 1. The van der Waals surface area contributed by atoms with Crippen LogP contribution >= 0.6 is 0 Å². The number of nitrogens with zero attached hydrogens (tertiary/aromatic N) is 1. The second-order valence-electron chi connectivity index (χ2n) is 5.21. The quantitative estimate of drug-likeness (QED) is 0.650. The molecule has 2 aromatic rings. The van der Waals surface area contributed by atoms with Crippen LogP contribution in [-0.2, 0) is 4.74 Å². The van der Waals surface area contributed by atoms with Crippen LogP contribution in [0, 0.1) is 6.92 Å². The first kappa shape index (κ1) is 17.6. The van der Waals surface area contributed by atoms with E-state index < -0.39 is 11.7 Å². The van der Waals surface area contributed by atoms with Crippen LogP contribution in [0.5, 0.6) is 5.75 Å². The van der Waals surface area contributed by atoms with Gasteiger partial charge in [-0.3, -0.25) is 9.79 Å². The molecule has 0 aliphatic heterocycles. The highest BCUT2D eigenvalue weighted by Gasteiger charge is 2.14. The van der Waals surface area contributed by atoms with Crippen LogP contribution in [0.1, 0.15) is 35.5 Å². The van der Waals surface area contributed by atoms with Crippen LogP contribution in [0.4, 0.5) is 5.69 Å². The first-order valence-corrected chi connectivity index (χ1v) is 7.56. The van der Waals surface area contributed by atoms with E-state index in [9.17, 15) is 14.7 Å². The van der Waals surface area contributed by atoms with Crippen molar-refractivity contribution >= 4 is 17.7 Å². The molecule has 0 bridgehead atoms. The molecular weight excluding hydrogens is 310 g/mol. The van der Waals surface area contributed by atoms with E-state index in [-0.39, 0.29) is 17.1 Å². The third-order valence-corrected chi connectivity index (χ3v) is 3.37. The summed E-state index contributed by atoms with van der Waals surface area (Å²) >= 11 is 0. The lowest BCUT2D eigenvalue weighted by atomic mass is 10.1. The summed E-state index contributed by atoms with van der Waals surface area (Å²) < 4.78 is 10.2. The molecule has 0 amide bonds. The second-order valence-corrected chi connectivity index (χ2v) is 5.21. The highest BCUT2D eigenvalue weighted by atomic mass is 16.5. The monoisotopic (exact) mass is 329 g/mol. The summed E-state index contributed by atoms with van der Waals surface area (Å²) in [5.74, 6) is 0.0231. The minimum Gasteiger partial charge on any atom is -0.507 e. The maximum atomic E-state index is 12.1. The normalized spacial score (nSPS) is 12.5. The number of ether oxygens (including phenoxy) is 1. The van der Waals surface area contributed by atoms with Gasteiger partial charge in [-0.2, -0.15) is 0 Å². The third-order valence-electron chi connectivity index (χ3n) is 3.37. The zero-order valence-corrected chi connectivity index (χ0v) is 13.8. The molecule has 1 unspecified atom stereocenters. The van der Waals surface area contributed by atoms with Crippen molar-refractivity contribution in [1.29, 1.82) is 0 Å². The van der Waals surface area contributed by atoms with Gasteiger partial charge in [0.2, 0.25) is 0 Å². The molecule has 126 valence electrons. The number of aromatic hydroxyl groups is 1. The van der Waals surface area contributed by atoms with E-state index in [1.54, 1.807) is 38.1 Å². The zero-order chi connectivity index (χ0) is 17.7. The minimum atomic E-state index is -0.659. The fourth-order valence-electron chi connectivity index (χ4n) is 2.14. The van der Waals surface area contributed by atoms with Gasteiger partial charge in [-0.25, -0.2) is 4.79 Å². The molecule has 0 fully saturated rings. The molecule has 1 atom stereocenters.